The number of allylic oxidation sites excluding steroid dienone is 3. The highest BCUT2D eigenvalue weighted by atomic mass is 28.4. The smallest absolute Gasteiger partial charge is 0.184 e. The van der Waals surface area contributed by atoms with Crippen LogP contribution in [0.15, 0.2) is 24.3 Å². The van der Waals surface area contributed by atoms with Crippen molar-refractivity contribution in [1.82, 2.24) is 0 Å². The summed E-state index contributed by atoms with van der Waals surface area (Å²) in [5.74, 6) is 1.12. The fourth-order valence-electron chi connectivity index (χ4n) is 3.04. The monoisotopic (exact) mass is 296 g/mol. The maximum Gasteiger partial charge on any atom is 0.184 e. The maximum absolute atomic E-state index is 6.48. The molecule has 0 aromatic rings. The van der Waals surface area contributed by atoms with Crippen LogP contribution in [0.4, 0.5) is 0 Å². The number of hydrogen-bond donors (Lipinski definition) is 0. The van der Waals surface area contributed by atoms with Crippen LogP contribution >= 0.6 is 0 Å². The van der Waals surface area contributed by atoms with E-state index in [0.29, 0.717) is 11.8 Å². The lowest BCUT2D eigenvalue weighted by molar-refractivity contribution is 0.0532. The average Bonchev–Trinajstić information content (AvgIpc) is 2.52. The van der Waals surface area contributed by atoms with Crippen LogP contribution in [0.1, 0.15) is 6.42 Å². The van der Waals surface area contributed by atoms with Crippen LogP contribution in [0, 0.1) is 11.8 Å². The molecule has 2 aliphatic carbocycles. The highest BCUT2D eigenvalue weighted by Crippen LogP contribution is 2.41. The Kier molecular flexibility index (Phi) is 4.26. The van der Waals surface area contributed by atoms with Crippen molar-refractivity contribution in [2.45, 2.75) is 57.9 Å². The SMILES string of the molecule is C[Si](C)(C)O[C@@H]1C2C=CC=CC2C[C@H]1O[Si](C)(C)C. The molecule has 1 fully saturated rings. The third kappa shape index (κ3) is 4.15. The first-order valence-electron chi connectivity index (χ1n) is 7.36. The van der Waals surface area contributed by atoms with E-state index in [9.17, 15) is 0 Å². The molecule has 0 N–H and O–H groups in total. The fourth-order valence-corrected chi connectivity index (χ4v) is 5.31. The van der Waals surface area contributed by atoms with E-state index in [0.717, 1.165) is 6.42 Å². The van der Waals surface area contributed by atoms with E-state index in [1.165, 1.54) is 0 Å². The highest BCUT2D eigenvalue weighted by molar-refractivity contribution is 6.70. The van der Waals surface area contributed by atoms with Gasteiger partial charge < -0.3 is 8.85 Å². The Balaban J connectivity index is 2.16. The minimum atomic E-state index is -1.54. The summed E-state index contributed by atoms with van der Waals surface area (Å²) in [7, 11) is -3.05. The molecule has 1 saturated carbocycles. The molecule has 2 rings (SSSR count). The number of rotatable bonds is 4. The predicted molar refractivity (Wildman–Crippen MR) is 86.3 cm³/mol. The van der Waals surface area contributed by atoms with Gasteiger partial charge in [-0.3, -0.25) is 0 Å². The second-order valence-corrected chi connectivity index (χ2v) is 16.6. The Labute approximate surface area is 120 Å². The lowest BCUT2D eigenvalue weighted by Gasteiger charge is -2.34. The standard InChI is InChI=1S/C15H28O2Si2/c1-18(2,3)16-14-11-12-9-7-8-10-13(12)15(14)17-19(4,5)6/h7-10,12-15H,11H2,1-6H3/t12?,13?,14-,15-/m1/s1. The first kappa shape index (κ1) is 15.2. The molecule has 0 radical (unpaired) electrons. The van der Waals surface area contributed by atoms with Crippen molar-refractivity contribution in [3.63, 3.8) is 0 Å². The summed E-state index contributed by atoms with van der Waals surface area (Å²) in [4.78, 5) is 0. The van der Waals surface area contributed by atoms with Gasteiger partial charge in [-0.05, 0) is 51.6 Å². The Bertz CT molecular complexity index is 377. The lowest BCUT2D eigenvalue weighted by Crippen LogP contribution is -2.44. The molecule has 2 aliphatic rings. The van der Waals surface area contributed by atoms with Gasteiger partial charge in [0.25, 0.3) is 0 Å². The van der Waals surface area contributed by atoms with Gasteiger partial charge in [-0.25, -0.2) is 0 Å². The molecule has 0 heterocycles. The van der Waals surface area contributed by atoms with Gasteiger partial charge >= 0.3 is 0 Å². The molecule has 0 amide bonds. The molecule has 19 heavy (non-hydrogen) atoms. The zero-order valence-electron chi connectivity index (χ0n) is 13.1. The Morgan fingerprint density at radius 3 is 2.00 bits per heavy atom. The van der Waals surface area contributed by atoms with Gasteiger partial charge in [-0.2, -0.15) is 0 Å². The first-order valence-corrected chi connectivity index (χ1v) is 14.2. The molecule has 4 heteroatoms. The molecule has 0 bridgehead atoms. The third-order valence-electron chi connectivity index (χ3n) is 3.54. The minimum absolute atomic E-state index is 0.254. The number of hydrogen-bond acceptors (Lipinski definition) is 2. The Hall–Kier alpha value is -0.166. The van der Waals surface area contributed by atoms with Gasteiger partial charge in [0.05, 0.1) is 12.2 Å². The van der Waals surface area contributed by atoms with Gasteiger partial charge in [0.1, 0.15) is 0 Å². The van der Waals surface area contributed by atoms with Crippen LogP contribution in [-0.4, -0.2) is 28.8 Å². The predicted octanol–water partition coefficient (Wildman–Crippen LogP) is 4.19. The summed E-state index contributed by atoms with van der Waals surface area (Å²) in [5.41, 5.74) is 0. The minimum Gasteiger partial charge on any atom is -0.412 e. The first-order chi connectivity index (χ1) is 8.66. The molecule has 0 aromatic carbocycles. The molecular weight excluding hydrogens is 268 g/mol. The fraction of sp³-hybridized carbons (Fsp3) is 0.733. The molecule has 0 spiro atoms. The van der Waals surface area contributed by atoms with Gasteiger partial charge in [-0.1, -0.05) is 24.3 Å². The quantitative estimate of drug-likeness (QED) is 0.724. The van der Waals surface area contributed by atoms with Crippen LogP contribution < -0.4 is 0 Å². The summed E-state index contributed by atoms with van der Waals surface area (Å²) >= 11 is 0. The second-order valence-electron chi connectivity index (χ2n) is 7.71. The van der Waals surface area contributed by atoms with E-state index in [1.54, 1.807) is 0 Å². The normalized spacial score (nSPS) is 34.6. The van der Waals surface area contributed by atoms with Crippen LogP contribution in [0.5, 0.6) is 0 Å². The zero-order valence-corrected chi connectivity index (χ0v) is 15.1. The molecule has 0 aliphatic heterocycles. The van der Waals surface area contributed by atoms with Crippen LogP contribution in [0.2, 0.25) is 39.3 Å². The largest absolute Gasteiger partial charge is 0.412 e. The molecule has 0 saturated heterocycles. The Morgan fingerprint density at radius 2 is 1.42 bits per heavy atom. The molecule has 2 unspecified atom stereocenters. The molecular formula is C15H28O2Si2. The van der Waals surface area contributed by atoms with Crippen molar-refractivity contribution in [2.24, 2.45) is 11.8 Å². The van der Waals surface area contributed by atoms with Crippen molar-refractivity contribution in [3.8, 4) is 0 Å². The second kappa shape index (κ2) is 5.32. The lowest BCUT2D eigenvalue weighted by atomic mass is 9.91. The summed E-state index contributed by atoms with van der Waals surface area (Å²) in [6, 6.07) is 0. The average molecular weight is 297 g/mol. The van der Waals surface area contributed by atoms with Crippen molar-refractivity contribution < 1.29 is 8.85 Å². The van der Waals surface area contributed by atoms with Crippen LogP contribution in [0.25, 0.3) is 0 Å². The van der Waals surface area contributed by atoms with E-state index in [-0.39, 0.29) is 12.2 Å². The van der Waals surface area contributed by atoms with E-state index >= 15 is 0 Å². The van der Waals surface area contributed by atoms with Gasteiger partial charge in [-0.15, -0.1) is 0 Å². The van der Waals surface area contributed by atoms with E-state index in [1.807, 2.05) is 0 Å². The molecule has 2 nitrogen and oxygen atoms in total. The molecule has 108 valence electrons. The topological polar surface area (TPSA) is 18.5 Å². The maximum atomic E-state index is 6.48. The third-order valence-corrected chi connectivity index (χ3v) is 5.53. The molecule has 0 aromatic heterocycles. The van der Waals surface area contributed by atoms with Crippen LogP contribution in [-0.2, 0) is 8.85 Å². The van der Waals surface area contributed by atoms with E-state index in [4.69, 9.17) is 8.85 Å². The summed E-state index contributed by atoms with van der Waals surface area (Å²) in [5, 5.41) is 0. The van der Waals surface area contributed by atoms with Gasteiger partial charge in [0, 0.05) is 5.92 Å². The van der Waals surface area contributed by atoms with Crippen molar-refractivity contribution >= 4 is 16.6 Å². The van der Waals surface area contributed by atoms with Gasteiger partial charge in [0.15, 0.2) is 16.6 Å². The van der Waals surface area contributed by atoms with E-state index in [2.05, 4.69) is 63.6 Å². The molecule has 4 atom stereocenters. The van der Waals surface area contributed by atoms with Gasteiger partial charge in [0.2, 0.25) is 0 Å². The van der Waals surface area contributed by atoms with Crippen LogP contribution in [0.3, 0.4) is 0 Å². The van der Waals surface area contributed by atoms with Crippen molar-refractivity contribution in [3.05, 3.63) is 24.3 Å². The number of fused-ring (bicyclic) bond motifs is 1. The van der Waals surface area contributed by atoms with Crippen molar-refractivity contribution in [2.75, 3.05) is 0 Å². The van der Waals surface area contributed by atoms with Crippen molar-refractivity contribution in [1.29, 1.82) is 0 Å². The summed E-state index contributed by atoms with van der Waals surface area (Å²) in [6.07, 6.45) is 10.6. The zero-order chi connectivity index (χ0) is 14.3. The Morgan fingerprint density at radius 1 is 0.842 bits per heavy atom. The van der Waals surface area contributed by atoms with E-state index < -0.39 is 16.6 Å². The summed E-state index contributed by atoms with van der Waals surface area (Å²) in [6.45, 7) is 13.6. The highest BCUT2D eigenvalue weighted by Gasteiger charge is 2.45. The summed E-state index contributed by atoms with van der Waals surface area (Å²) < 4.78 is 12.9.